The van der Waals surface area contributed by atoms with E-state index in [0.29, 0.717) is 0 Å². The van der Waals surface area contributed by atoms with Crippen LogP contribution in [0.4, 0.5) is 4.39 Å². The molecule has 4 heteroatoms. The molecule has 70 valence electrons. The Hall–Kier alpha value is -1.42. The number of carbonyl (C=O) groups is 1. The number of aromatic hydroxyl groups is 1. The number of hydrogen-bond acceptors (Lipinski definition) is 3. The molecule has 0 spiro atoms. The second kappa shape index (κ2) is 3.53. The molecule has 0 heterocycles. The average Bonchev–Trinajstić information content (AvgIpc) is 2.12. The minimum absolute atomic E-state index is 0.0255. The fourth-order valence-electron chi connectivity index (χ4n) is 1.13. The topological polar surface area (TPSA) is 63.3 Å². The highest BCUT2D eigenvalue weighted by molar-refractivity contribution is 6.01. The maximum absolute atomic E-state index is 13.0. The lowest BCUT2D eigenvalue weighted by molar-refractivity contribution is 0.0997. The van der Waals surface area contributed by atoms with E-state index in [1.54, 1.807) is 0 Å². The summed E-state index contributed by atoms with van der Waals surface area (Å²) in [6, 6.07) is 2.25. The molecular weight excluding hydrogens is 173 g/mol. The van der Waals surface area contributed by atoms with Crippen LogP contribution in [0.25, 0.3) is 0 Å². The second-order valence-electron chi connectivity index (χ2n) is 2.69. The van der Waals surface area contributed by atoms with E-state index in [1.807, 2.05) is 0 Å². The number of ketones is 1. The van der Waals surface area contributed by atoms with Gasteiger partial charge < -0.3 is 10.8 Å². The molecule has 0 saturated heterocycles. The molecule has 0 aromatic heterocycles. The minimum atomic E-state index is -0.519. The van der Waals surface area contributed by atoms with E-state index in [0.717, 1.165) is 12.1 Å². The van der Waals surface area contributed by atoms with Crippen molar-refractivity contribution in [3.05, 3.63) is 29.1 Å². The summed E-state index contributed by atoms with van der Waals surface area (Å²) in [5, 5.41) is 9.27. The Labute approximate surface area is 75.0 Å². The number of carbonyl (C=O) groups excluding carboxylic acids is 1. The van der Waals surface area contributed by atoms with Crippen LogP contribution in [0.5, 0.6) is 5.75 Å². The lowest BCUT2D eigenvalue weighted by Gasteiger charge is -2.06. The van der Waals surface area contributed by atoms with Crippen LogP contribution in [0.15, 0.2) is 12.1 Å². The van der Waals surface area contributed by atoms with E-state index < -0.39 is 11.6 Å². The van der Waals surface area contributed by atoms with Gasteiger partial charge in [0.25, 0.3) is 0 Å². The van der Waals surface area contributed by atoms with Gasteiger partial charge in [0, 0.05) is 0 Å². The predicted octanol–water partition coefficient (Wildman–Crippen LogP) is 0.981. The van der Waals surface area contributed by atoms with Gasteiger partial charge in [-0.15, -0.1) is 0 Å². The van der Waals surface area contributed by atoms with Crippen molar-refractivity contribution in [2.75, 3.05) is 6.54 Å². The average molecular weight is 183 g/mol. The van der Waals surface area contributed by atoms with Crippen molar-refractivity contribution >= 4 is 5.78 Å². The monoisotopic (exact) mass is 183 g/mol. The number of halogens is 1. The number of rotatable bonds is 2. The molecule has 0 aliphatic heterocycles. The maximum atomic E-state index is 13.0. The van der Waals surface area contributed by atoms with Crippen molar-refractivity contribution in [1.82, 2.24) is 0 Å². The van der Waals surface area contributed by atoms with Gasteiger partial charge in [0.2, 0.25) is 0 Å². The first-order chi connectivity index (χ1) is 6.07. The fourth-order valence-corrected chi connectivity index (χ4v) is 1.13. The highest BCUT2D eigenvalue weighted by Gasteiger charge is 2.15. The smallest absolute Gasteiger partial charge is 0.180 e. The molecule has 1 aromatic carbocycles. The van der Waals surface area contributed by atoms with E-state index in [-0.39, 0.29) is 23.4 Å². The van der Waals surface area contributed by atoms with Crippen LogP contribution in [0.2, 0.25) is 0 Å². The van der Waals surface area contributed by atoms with Crippen LogP contribution < -0.4 is 5.73 Å². The Bertz CT molecular complexity index is 350. The summed E-state index contributed by atoms with van der Waals surface area (Å²) in [5.74, 6) is -1.21. The molecule has 1 aromatic rings. The highest BCUT2D eigenvalue weighted by Crippen LogP contribution is 2.23. The van der Waals surface area contributed by atoms with Crippen LogP contribution in [0.1, 0.15) is 15.9 Å². The van der Waals surface area contributed by atoms with Crippen molar-refractivity contribution in [3.63, 3.8) is 0 Å². The molecule has 0 atom stereocenters. The number of hydrogen-bond donors (Lipinski definition) is 2. The van der Waals surface area contributed by atoms with Gasteiger partial charge in [-0.05, 0) is 24.6 Å². The summed E-state index contributed by atoms with van der Waals surface area (Å²) in [5.41, 5.74) is 5.22. The molecule has 0 aliphatic carbocycles. The Balaban J connectivity index is 3.33. The number of nitrogens with two attached hydrogens (primary N) is 1. The normalized spacial score (nSPS) is 10.1. The maximum Gasteiger partial charge on any atom is 0.180 e. The van der Waals surface area contributed by atoms with Gasteiger partial charge in [-0.3, -0.25) is 4.79 Å². The molecule has 13 heavy (non-hydrogen) atoms. The van der Waals surface area contributed by atoms with Crippen LogP contribution in [0, 0.1) is 12.7 Å². The van der Waals surface area contributed by atoms with Crippen molar-refractivity contribution in [2.45, 2.75) is 6.92 Å². The summed E-state index contributed by atoms with van der Waals surface area (Å²) >= 11 is 0. The summed E-state index contributed by atoms with van der Waals surface area (Å²) in [7, 11) is 0. The first-order valence-corrected chi connectivity index (χ1v) is 3.79. The minimum Gasteiger partial charge on any atom is -0.507 e. The molecule has 0 fully saturated rings. The Morgan fingerprint density at radius 3 is 2.77 bits per heavy atom. The Morgan fingerprint density at radius 2 is 2.23 bits per heavy atom. The predicted molar refractivity (Wildman–Crippen MR) is 46.2 cm³/mol. The van der Waals surface area contributed by atoms with Gasteiger partial charge in [0.05, 0.1) is 12.1 Å². The molecule has 3 N–H and O–H groups in total. The van der Waals surface area contributed by atoms with Crippen LogP contribution in [0.3, 0.4) is 0 Å². The van der Waals surface area contributed by atoms with Gasteiger partial charge in [-0.2, -0.15) is 0 Å². The van der Waals surface area contributed by atoms with Crippen molar-refractivity contribution < 1.29 is 14.3 Å². The van der Waals surface area contributed by atoms with E-state index in [4.69, 9.17) is 5.73 Å². The molecule has 0 amide bonds. The lowest BCUT2D eigenvalue weighted by atomic mass is 10.0. The van der Waals surface area contributed by atoms with Crippen LogP contribution in [-0.2, 0) is 0 Å². The van der Waals surface area contributed by atoms with Gasteiger partial charge in [-0.1, -0.05) is 0 Å². The standard InChI is InChI=1S/C9H10FNO2/c1-5-6(10)2-3-7(12)9(5)8(13)4-11/h2-3,12H,4,11H2,1H3. The van der Waals surface area contributed by atoms with Crippen molar-refractivity contribution in [2.24, 2.45) is 5.73 Å². The number of phenolic OH excluding ortho intramolecular Hbond substituents is 1. The van der Waals surface area contributed by atoms with Crippen molar-refractivity contribution in [3.8, 4) is 5.75 Å². The summed E-state index contributed by atoms with van der Waals surface area (Å²) < 4.78 is 13.0. The third-order valence-electron chi connectivity index (χ3n) is 1.84. The first-order valence-electron chi connectivity index (χ1n) is 3.79. The van der Waals surface area contributed by atoms with Gasteiger partial charge in [0.1, 0.15) is 11.6 Å². The highest BCUT2D eigenvalue weighted by atomic mass is 19.1. The quantitative estimate of drug-likeness (QED) is 0.672. The molecular formula is C9H10FNO2. The number of phenols is 1. The lowest BCUT2D eigenvalue weighted by Crippen LogP contribution is -2.15. The largest absolute Gasteiger partial charge is 0.507 e. The molecule has 0 unspecified atom stereocenters. The SMILES string of the molecule is Cc1c(F)ccc(O)c1C(=O)CN. The third-order valence-corrected chi connectivity index (χ3v) is 1.84. The Morgan fingerprint density at radius 1 is 1.62 bits per heavy atom. The summed E-state index contributed by atoms with van der Waals surface area (Å²) in [6.07, 6.45) is 0. The zero-order valence-corrected chi connectivity index (χ0v) is 7.17. The Kier molecular flexibility index (Phi) is 2.63. The van der Waals surface area contributed by atoms with Gasteiger partial charge in [0.15, 0.2) is 5.78 Å². The third kappa shape index (κ3) is 1.67. The zero-order valence-electron chi connectivity index (χ0n) is 7.17. The summed E-state index contributed by atoms with van der Waals surface area (Å²) in [6.45, 7) is 1.19. The van der Waals surface area contributed by atoms with E-state index >= 15 is 0 Å². The van der Waals surface area contributed by atoms with Gasteiger partial charge in [-0.25, -0.2) is 4.39 Å². The molecule has 1 rings (SSSR count). The first kappa shape index (κ1) is 9.67. The van der Waals surface area contributed by atoms with E-state index in [9.17, 15) is 14.3 Å². The second-order valence-corrected chi connectivity index (χ2v) is 2.69. The van der Waals surface area contributed by atoms with Crippen molar-refractivity contribution in [1.29, 1.82) is 0 Å². The number of Topliss-reactive ketones (excluding diaryl/α,β-unsaturated/α-hetero) is 1. The molecule has 0 radical (unpaired) electrons. The molecule has 3 nitrogen and oxygen atoms in total. The fraction of sp³-hybridized carbons (Fsp3) is 0.222. The van der Waals surface area contributed by atoms with Crippen LogP contribution in [-0.4, -0.2) is 17.4 Å². The van der Waals surface area contributed by atoms with E-state index in [1.165, 1.54) is 6.92 Å². The molecule has 0 saturated carbocycles. The zero-order chi connectivity index (χ0) is 10.0. The number of benzene rings is 1. The molecule has 0 aliphatic rings. The summed E-state index contributed by atoms with van der Waals surface area (Å²) in [4.78, 5) is 11.2. The van der Waals surface area contributed by atoms with Crippen LogP contribution >= 0.6 is 0 Å². The molecule has 0 bridgehead atoms. The van der Waals surface area contributed by atoms with Gasteiger partial charge >= 0.3 is 0 Å². The van der Waals surface area contributed by atoms with E-state index in [2.05, 4.69) is 0 Å².